The fourth-order valence-electron chi connectivity index (χ4n) is 3.27. The van der Waals surface area contributed by atoms with Crippen molar-refractivity contribution >= 4 is 27.6 Å². The second kappa shape index (κ2) is 10.9. The number of nitrogens with zero attached hydrogens (tertiary/aromatic N) is 1. The predicted molar refractivity (Wildman–Crippen MR) is 126 cm³/mol. The van der Waals surface area contributed by atoms with Gasteiger partial charge in [-0.15, -0.1) is 0 Å². The van der Waals surface area contributed by atoms with Gasteiger partial charge in [-0.05, 0) is 43.2 Å². The Labute approximate surface area is 194 Å². The van der Waals surface area contributed by atoms with Crippen molar-refractivity contribution in [2.24, 2.45) is 0 Å². The lowest BCUT2D eigenvalue weighted by Crippen LogP contribution is -2.39. The van der Waals surface area contributed by atoms with Gasteiger partial charge in [-0.1, -0.05) is 60.2 Å². The van der Waals surface area contributed by atoms with E-state index in [-0.39, 0.29) is 22.7 Å². The van der Waals surface area contributed by atoms with Crippen LogP contribution in [0.3, 0.4) is 0 Å². The number of rotatable bonds is 9. The standard InChI is InChI=1S/C25H26N2O5S/c1-19-12-14-21(15-13-19)33(30,31)27(17-16-20-8-4-3-5-9-20)18-24(28)26-23-11-7-6-10-22(23)25(29)32-2/h3-15H,16-18H2,1-2H3,(H,26,28). The molecule has 0 aliphatic rings. The summed E-state index contributed by atoms with van der Waals surface area (Å²) < 4.78 is 32.6. The molecular formula is C25H26N2O5S. The molecular weight excluding hydrogens is 440 g/mol. The molecule has 1 N–H and O–H groups in total. The van der Waals surface area contributed by atoms with Crippen LogP contribution in [0.5, 0.6) is 0 Å². The number of hydrogen-bond acceptors (Lipinski definition) is 5. The van der Waals surface area contributed by atoms with Crippen LogP contribution in [0.25, 0.3) is 0 Å². The Morgan fingerprint density at radius 1 is 0.909 bits per heavy atom. The van der Waals surface area contributed by atoms with Crippen molar-refractivity contribution in [3.63, 3.8) is 0 Å². The fourth-order valence-corrected chi connectivity index (χ4v) is 4.67. The lowest BCUT2D eigenvalue weighted by Gasteiger charge is -2.22. The highest BCUT2D eigenvalue weighted by molar-refractivity contribution is 7.89. The molecule has 0 aliphatic heterocycles. The fraction of sp³-hybridized carbons (Fsp3) is 0.200. The first-order valence-electron chi connectivity index (χ1n) is 10.4. The summed E-state index contributed by atoms with van der Waals surface area (Å²) >= 11 is 0. The highest BCUT2D eigenvalue weighted by Crippen LogP contribution is 2.19. The number of carbonyl (C=O) groups is 2. The summed E-state index contributed by atoms with van der Waals surface area (Å²) in [6.45, 7) is 1.58. The largest absolute Gasteiger partial charge is 0.465 e. The molecule has 0 bridgehead atoms. The zero-order valence-corrected chi connectivity index (χ0v) is 19.3. The second-order valence-electron chi connectivity index (χ2n) is 7.47. The predicted octanol–water partition coefficient (Wildman–Crippen LogP) is 3.65. The van der Waals surface area contributed by atoms with Crippen molar-refractivity contribution in [1.29, 1.82) is 0 Å². The van der Waals surface area contributed by atoms with Crippen molar-refractivity contribution in [2.45, 2.75) is 18.2 Å². The van der Waals surface area contributed by atoms with Gasteiger partial charge in [-0.2, -0.15) is 4.31 Å². The third-order valence-corrected chi connectivity index (χ3v) is 6.94. The maximum Gasteiger partial charge on any atom is 0.339 e. The molecule has 0 aliphatic carbocycles. The molecule has 172 valence electrons. The quantitative estimate of drug-likeness (QED) is 0.486. The van der Waals surface area contributed by atoms with E-state index in [2.05, 4.69) is 5.32 Å². The average Bonchev–Trinajstić information content (AvgIpc) is 2.82. The van der Waals surface area contributed by atoms with Crippen molar-refractivity contribution in [3.8, 4) is 0 Å². The van der Waals surface area contributed by atoms with Crippen LogP contribution >= 0.6 is 0 Å². The molecule has 0 fully saturated rings. The molecule has 3 rings (SSSR count). The number of methoxy groups -OCH3 is 1. The Morgan fingerprint density at radius 2 is 1.55 bits per heavy atom. The van der Waals surface area contributed by atoms with Gasteiger partial charge < -0.3 is 10.1 Å². The first-order valence-corrected chi connectivity index (χ1v) is 11.8. The van der Waals surface area contributed by atoms with E-state index >= 15 is 0 Å². The monoisotopic (exact) mass is 466 g/mol. The molecule has 7 nitrogen and oxygen atoms in total. The van der Waals surface area contributed by atoms with Gasteiger partial charge in [0, 0.05) is 6.54 Å². The van der Waals surface area contributed by atoms with Crippen molar-refractivity contribution in [3.05, 3.63) is 95.6 Å². The van der Waals surface area contributed by atoms with E-state index in [1.807, 2.05) is 37.3 Å². The molecule has 0 spiro atoms. The maximum absolute atomic E-state index is 13.3. The van der Waals surface area contributed by atoms with E-state index in [1.165, 1.54) is 25.3 Å². The Morgan fingerprint density at radius 3 is 2.21 bits per heavy atom. The number of para-hydroxylation sites is 1. The number of carbonyl (C=O) groups excluding carboxylic acids is 2. The summed E-state index contributed by atoms with van der Waals surface area (Å²) in [4.78, 5) is 25.0. The van der Waals surface area contributed by atoms with Gasteiger partial charge in [0.25, 0.3) is 0 Å². The van der Waals surface area contributed by atoms with E-state index in [4.69, 9.17) is 4.74 Å². The minimum atomic E-state index is -3.93. The summed E-state index contributed by atoms with van der Waals surface area (Å²) in [5.74, 6) is -1.16. The van der Waals surface area contributed by atoms with Gasteiger partial charge in [0.15, 0.2) is 0 Å². The zero-order chi connectivity index (χ0) is 23.8. The maximum atomic E-state index is 13.3. The number of hydrogen-bond donors (Lipinski definition) is 1. The van der Waals surface area contributed by atoms with Crippen LogP contribution in [0.15, 0.2) is 83.8 Å². The van der Waals surface area contributed by atoms with Crippen LogP contribution in [0.4, 0.5) is 5.69 Å². The summed E-state index contributed by atoms with van der Waals surface area (Å²) in [7, 11) is -2.68. The first-order chi connectivity index (χ1) is 15.8. The second-order valence-corrected chi connectivity index (χ2v) is 9.41. The van der Waals surface area contributed by atoms with Crippen molar-refractivity contribution < 1.29 is 22.7 Å². The van der Waals surface area contributed by atoms with Gasteiger partial charge in [0.05, 0.1) is 29.8 Å². The number of nitrogens with one attached hydrogen (secondary N) is 1. The van der Waals surface area contributed by atoms with Crippen molar-refractivity contribution in [1.82, 2.24) is 4.31 Å². The number of ether oxygens (including phenoxy) is 1. The summed E-state index contributed by atoms with van der Waals surface area (Å²) in [5, 5.41) is 2.64. The summed E-state index contributed by atoms with van der Waals surface area (Å²) in [6, 6.07) is 22.4. The molecule has 0 aromatic heterocycles. The number of benzene rings is 3. The Kier molecular flexibility index (Phi) is 7.97. The highest BCUT2D eigenvalue weighted by atomic mass is 32.2. The molecule has 0 radical (unpaired) electrons. The van der Waals surface area contributed by atoms with E-state index < -0.39 is 28.4 Å². The van der Waals surface area contributed by atoms with Crippen LogP contribution in [0.2, 0.25) is 0 Å². The molecule has 8 heteroatoms. The Bertz CT molecular complexity index is 1210. The number of esters is 1. The van der Waals surface area contributed by atoms with Crippen LogP contribution < -0.4 is 5.32 Å². The molecule has 3 aromatic rings. The van der Waals surface area contributed by atoms with Crippen LogP contribution in [-0.4, -0.2) is 44.8 Å². The summed E-state index contributed by atoms with van der Waals surface area (Å²) in [5.41, 5.74) is 2.33. The van der Waals surface area contributed by atoms with Crippen LogP contribution in [-0.2, 0) is 26.0 Å². The number of anilines is 1. The lowest BCUT2D eigenvalue weighted by atomic mass is 10.1. The highest BCUT2D eigenvalue weighted by Gasteiger charge is 2.27. The Hall–Kier alpha value is -3.49. The van der Waals surface area contributed by atoms with Gasteiger partial charge in [0.2, 0.25) is 15.9 Å². The molecule has 3 aromatic carbocycles. The normalized spacial score (nSPS) is 11.2. The summed E-state index contributed by atoms with van der Waals surface area (Å²) in [6.07, 6.45) is 0.442. The average molecular weight is 467 g/mol. The SMILES string of the molecule is COC(=O)c1ccccc1NC(=O)CN(CCc1ccccc1)S(=O)(=O)c1ccc(C)cc1. The Balaban J connectivity index is 1.84. The van der Waals surface area contributed by atoms with Gasteiger partial charge in [-0.25, -0.2) is 13.2 Å². The molecule has 0 saturated heterocycles. The zero-order valence-electron chi connectivity index (χ0n) is 18.5. The smallest absolute Gasteiger partial charge is 0.339 e. The lowest BCUT2D eigenvalue weighted by molar-refractivity contribution is -0.116. The minimum Gasteiger partial charge on any atom is -0.465 e. The molecule has 33 heavy (non-hydrogen) atoms. The molecule has 0 heterocycles. The van der Waals surface area contributed by atoms with E-state index in [0.29, 0.717) is 6.42 Å². The van der Waals surface area contributed by atoms with Gasteiger partial charge >= 0.3 is 5.97 Å². The molecule has 1 amide bonds. The number of aryl methyl sites for hydroxylation is 1. The minimum absolute atomic E-state index is 0.115. The van der Waals surface area contributed by atoms with Gasteiger partial charge in [0.1, 0.15) is 0 Å². The third-order valence-electron chi connectivity index (χ3n) is 5.08. The first kappa shape index (κ1) is 24.2. The molecule has 0 saturated carbocycles. The molecule has 0 atom stereocenters. The van der Waals surface area contributed by atoms with Crippen LogP contribution in [0, 0.1) is 6.92 Å². The third kappa shape index (κ3) is 6.27. The number of sulfonamides is 1. The van der Waals surface area contributed by atoms with Gasteiger partial charge in [-0.3, -0.25) is 4.79 Å². The van der Waals surface area contributed by atoms with Crippen molar-refractivity contribution in [2.75, 3.05) is 25.5 Å². The topological polar surface area (TPSA) is 92.8 Å². The van der Waals surface area contributed by atoms with E-state index in [9.17, 15) is 18.0 Å². The number of amides is 1. The molecule has 0 unspecified atom stereocenters. The van der Waals surface area contributed by atoms with E-state index in [1.54, 1.807) is 30.3 Å². The van der Waals surface area contributed by atoms with E-state index in [0.717, 1.165) is 15.4 Å². The van der Waals surface area contributed by atoms with Crippen LogP contribution in [0.1, 0.15) is 21.5 Å².